The molecule has 0 aliphatic heterocycles. The highest BCUT2D eigenvalue weighted by molar-refractivity contribution is 6.31. The minimum atomic E-state index is 0.749. The molecule has 2 aromatic rings. The van der Waals surface area contributed by atoms with E-state index < -0.39 is 0 Å². The number of rotatable bonds is 6. The molecule has 19 heavy (non-hydrogen) atoms. The molecule has 0 unspecified atom stereocenters. The van der Waals surface area contributed by atoms with Gasteiger partial charge in [-0.3, -0.25) is 9.67 Å². The molecule has 5 heteroatoms. The average molecular weight is 279 g/mol. The highest BCUT2D eigenvalue weighted by Crippen LogP contribution is 2.19. The van der Waals surface area contributed by atoms with Crippen LogP contribution in [0.25, 0.3) is 0 Å². The Morgan fingerprint density at radius 3 is 2.74 bits per heavy atom. The summed E-state index contributed by atoms with van der Waals surface area (Å²) in [5, 5.41) is 8.59. The number of hydrogen-bond donors (Lipinski definition) is 1. The third kappa shape index (κ3) is 3.55. The molecule has 0 amide bonds. The molecule has 0 aromatic carbocycles. The maximum atomic E-state index is 6.26. The van der Waals surface area contributed by atoms with Crippen molar-refractivity contribution >= 4 is 11.6 Å². The lowest BCUT2D eigenvalue weighted by Gasteiger charge is -2.07. The van der Waals surface area contributed by atoms with Crippen molar-refractivity contribution in [2.45, 2.75) is 33.4 Å². The molecule has 0 spiro atoms. The summed E-state index contributed by atoms with van der Waals surface area (Å²) in [6.07, 6.45) is 4.63. The first kappa shape index (κ1) is 14.0. The van der Waals surface area contributed by atoms with Gasteiger partial charge in [0, 0.05) is 25.5 Å². The van der Waals surface area contributed by atoms with Gasteiger partial charge in [0.05, 0.1) is 16.4 Å². The molecule has 2 rings (SSSR count). The van der Waals surface area contributed by atoms with Crippen molar-refractivity contribution in [1.82, 2.24) is 20.1 Å². The molecule has 4 nitrogen and oxygen atoms in total. The second-order valence-electron chi connectivity index (χ2n) is 4.44. The summed E-state index contributed by atoms with van der Waals surface area (Å²) in [6.45, 7) is 6.51. The molecule has 0 saturated heterocycles. The third-order valence-corrected chi connectivity index (χ3v) is 3.58. The van der Waals surface area contributed by atoms with Crippen LogP contribution >= 0.6 is 11.6 Å². The Kier molecular flexibility index (Phi) is 4.93. The Hall–Kier alpha value is -1.39. The number of pyridine rings is 1. The molecule has 1 N–H and O–H groups in total. The Balaban J connectivity index is 1.86. The summed E-state index contributed by atoms with van der Waals surface area (Å²) in [7, 11) is 0. The van der Waals surface area contributed by atoms with Crippen LogP contribution in [0.1, 0.15) is 23.9 Å². The molecule has 0 aliphatic carbocycles. The van der Waals surface area contributed by atoms with Crippen molar-refractivity contribution in [3.8, 4) is 0 Å². The monoisotopic (exact) mass is 278 g/mol. The molecule has 0 radical (unpaired) electrons. The van der Waals surface area contributed by atoms with Gasteiger partial charge in [-0.25, -0.2) is 0 Å². The summed E-state index contributed by atoms with van der Waals surface area (Å²) in [5.74, 6) is 0. The van der Waals surface area contributed by atoms with Gasteiger partial charge in [-0.2, -0.15) is 5.10 Å². The van der Waals surface area contributed by atoms with Gasteiger partial charge in [0.25, 0.3) is 0 Å². The topological polar surface area (TPSA) is 42.7 Å². The fourth-order valence-corrected chi connectivity index (χ4v) is 2.23. The first-order chi connectivity index (χ1) is 9.22. The fraction of sp³-hybridized carbons (Fsp3) is 0.429. The Morgan fingerprint density at radius 1 is 1.32 bits per heavy atom. The zero-order chi connectivity index (χ0) is 13.7. The van der Waals surface area contributed by atoms with Crippen LogP contribution in [0.2, 0.25) is 5.02 Å². The normalized spacial score (nSPS) is 10.9. The Labute approximate surface area is 118 Å². The first-order valence-electron chi connectivity index (χ1n) is 6.53. The molecule has 2 heterocycles. The first-order valence-corrected chi connectivity index (χ1v) is 6.91. The second-order valence-corrected chi connectivity index (χ2v) is 4.82. The third-order valence-electron chi connectivity index (χ3n) is 3.09. The molecular formula is C14H19ClN4. The highest BCUT2D eigenvalue weighted by Gasteiger charge is 2.11. The summed E-state index contributed by atoms with van der Waals surface area (Å²) >= 11 is 6.26. The van der Waals surface area contributed by atoms with Crippen molar-refractivity contribution in [3.05, 3.63) is 46.5 Å². The summed E-state index contributed by atoms with van der Waals surface area (Å²) in [4.78, 5) is 4.01. The number of aryl methyl sites for hydroxylation is 2. The van der Waals surface area contributed by atoms with E-state index in [2.05, 4.69) is 22.3 Å². The minimum absolute atomic E-state index is 0.749. The number of aromatic nitrogens is 3. The van der Waals surface area contributed by atoms with E-state index in [9.17, 15) is 0 Å². The number of halogens is 1. The summed E-state index contributed by atoms with van der Waals surface area (Å²) in [6, 6.07) is 4.07. The van der Waals surface area contributed by atoms with Gasteiger partial charge in [-0.1, -0.05) is 11.6 Å². The SMILES string of the molecule is CCn1nc(C)c(Cl)c1CNCCc1ccncc1. The predicted octanol–water partition coefficient (Wildman–Crippen LogP) is 2.59. The Morgan fingerprint density at radius 2 is 2.05 bits per heavy atom. The minimum Gasteiger partial charge on any atom is -0.311 e. The van der Waals surface area contributed by atoms with Gasteiger partial charge in [0.1, 0.15) is 0 Å². The van der Waals surface area contributed by atoms with Crippen LogP contribution in [0.15, 0.2) is 24.5 Å². The quantitative estimate of drug-likeness (QED) is 0.826. The molecular weight excluding hydrogens is 260 g/mol. The van der Waals surface area contributed by atoms with E-state index in [0.29, 0.717) is 0 Å². The van der Waals surface area contributed by atoms with E-state index >= 15 is 0 Å². The highest BCUT2D eigenvalue weighted by atomic mass is 35.5. The van der Waals surface area contributed by atoms with Gasteiger partial charge < -0.3 is 5.32 Å². The van der Waals surface area contributed by atoms with E-state index in [0.717, 1.165) is 42.5 Å². The van der Waals surface area contributed by atoms with Gasteiger partial charge in [0.15, 0.2) is 0 Å². The van der Waals surface area contributed by atoms with Gasteiger partial charge >= 0.3 is 0 Å². The van der Waals surface area contributed by atoms with Crippen LogP contribution in [0.3, 0.4) is 0 Å². The maximum Gasteiger partial charge on any atom is 0.0860 e. The summed E-state index contributed by atoms with van der Waals surface area (Å²) < 4.78 is 1.96. The van der Waals surface area contributed by atoms with Crippen molar-refractivity contribution in [2.24, 2.45) is 0 Å². The van der Waals surface area contributed by atoms with E-state index in [1.54, 1.807) is 0 Å². The second kappa shape index (κ2) is 6.68. The smallest absolute Gasteiger partial charge is 0.0860 e. The largest absolute Gasteiger partial charge is 0.311 e. The fourth-order valence-electron chi connectivity index (χ4n) is 2.03. The van der Waals surface area contributed by atoms with Crippen LogP contribution in [0, 0.1) is 6.92 Å². The van der Waals surface area contributed by atoms with Crippen molar-refractivity contribution in [2.75, 3.05) is 6.54 Å². The predicted molar refractivity (Wildman–Crippen MR) is 77.3 cm³/mol. The molecule has 0 saturated carbocycles. The van der Waals surface area contributed by atoms with Gasteiger partial charge in [0.2, 0.25) is 0 Å². The van der Waals surface area contributed by atoms with Crippen molar-refractivity contribution in [3.63, 3.8) is 0 Å². The lowest BCUT2D eigenvalue weighted by atomic mass is 10.2. The summed E-state index contributed by atoms with van der Waals surface area (Å²) in [5.41, 5.74) is 3.25. The van der Waals surface area contributed by atoms with Gasteiger partial charge in [-0.05, 0) is 44.5 Å². The van der Waals surface area contributed by atoms with Gasteiger partial charge in [-0.15, -0.1) is 0 Å². The standard InChI is InChI=1S/C14H19ClN4/c1-3-19-13(14(15)11(2)18-19)10-17-9-6-12-4-7-16-8-5-12/h4-5,7-8,17H,3,6,9-10H2,1-2H3. The van der Waals surface area contributed by atoms with Crippen LogP contribution in [-0.4, -0.2) is 21.3 Å². The molecule has 102 valence electrons. The van der Waals surface area contributed by atoms with E-state index in [4.69, 9.17) is 11.6 Å². The lowest BCUT2D eigenvalue weighted by Crippen LogP contribution is -2.19. The molecule has 0 atom stereocenters. The number of nitrogens with one attached hydrogen (secondary N) is 1. The van der Waals surface area contributed by atoms with Crippen molar-refractivity contribution in [1.29, 1.82) is 0 Å². The van der Waals surface area contributed by atoms with E-state index in [1.807, 2.05) is 36.1 Å². The van der Waals surface area contributed by atoms with Crippen LogP contribution in [0.5, 0.6) is 0 Å². The van der Waals surface area contributed by atoms with E-state index in [-0.39, 0.29) is 0 Å². The van der Waals surface area contributed by atoms with Crippen LogP contribution in [0.4, 0.5) is 0 Å². The molecule has 2 aromatic heterocycles. The zero-order valence-electron chi connectivity index (χ0n) is 11.4. The van der Waals surface area contributed by atoms with Crippen LogP contribution in [-0.2, 0) is 19.5 Å². The lowest BCUT2D eigenvalue weighted by molar-refractivity contribution is 0.580. The van der Waals surface area contributed by atoms with Crippen LogP contribution < -0.4 is 5.32 Å². The van der Waals surface area contributed by atoms with E-state index in [1.165, 1.54) is 5.56 Å². The number of hydrogen-bond acceptors (Lipinski definition) is 3. The maximum absolute atomic E-state index is 6.26. The average Bonchev–Trinajstić information content (AvgIpc) is 2.72. The molecule has 0 aliphatic rings. The molecule has 0 fully saturated rings. The Bertz CT molecular complexity index is 522. The number of nitrogens with zero attached hydrogens (tertiary/aromatic N) is 3. The molecule has 0 bridgehead atoms. The zero-order valence-corrected chi connectivity index (χ0v) is 12.1. The van der Waals surface area contributed by atoms with Crippen molar-refractivity contribution < 1.29 is 0 Å².